The van der Waals surface area contributed by atoms with Gasteiger partial charge in [-0.3, -0.25) is 0 Å². The minimum Gasteiger partial charge on any atom is -0.126 e. The minimum absolute atomic E-state index is 0.342. The second-order valence-electron chi connectivity index (χ2n) is 5.49. The fourth-order valence-corrected chi connectivity index (χ4v) is 1.77. The highest BCUT2D eigenvalue weighted by atomic mass is 28.3. The van der Waals surface area contributed by atoms with Crippen LogP contribution in [0.3, 0.4) is 0 Å². The Bertz CT molecular complexity index is 371. The summed E-state index contributed by atoms with van der Waals surface area (Å²) in [4.78, 5) is 0. The first kappa shape index (κ1) is 12.1. The van der Waals surface area contributed by atoms with Gasteiger partial charge in [-0.05, 0) is 17.2 Å². The Morgan fingerprint density at radius 3 is 2.00 bits per heavy atom. The molecule has 1 rings (SSSR count). The molecule has 0 spiro atoms. The smallest absolute Gasteiger partial charge is 0.126 e. The maximum atomic E-state index is 3.50. The van der Waals surface area contributed by atoms with Crippen LogP contribution >= 0.6 is 0 Å². The highest BCUT2D eigenvalue weighted by Gasteiger charge is 2.33. The van der Waals surface area contributed by atoms with Crippen LogP contribution in [0.4, 0.5) is 0 Å². The molecule has 0 fully saturated rings. The first-order valence-corrected chi connectivity index (χ1v) is 8.41. The van der Waals surface area contributed by atoms with Crippen LogP contribution in [0, 0.1) is 11.5 Å². The van der Waals surface area contributed by atoms with E-state index in [-0.39, 0.29) is 0 Å². The largest absolute Gasteiger partial charge is 0.138 e. The molecule has 1 aromatic rings. The Hall–Kier alpha value is -1.00. The minimum atomic E-state index is -1.45. The van der Waals surface area contributed by atoms with Crippen molar-refractivity contribution in [3.8, 4) is 11.5 Å². The van der Waals surface area contributed by atoms with Gasteiger partial charge in [0, 0.05) is 5.56 Å². The van der Waals surface area contributed by atoms with Crippen LogP contribution in [0.25, 0.3) is 0 Å². The molecular formula is C14H20Si. The molecule has 0 aliphatic heterocycles. The molecule has 0 unspecified atom stereocenters. The molecule has 0 aromatic heterocycles. The van der Waals surface area contributed by atoms with E-state index < -0.39 is 8.07 Å². The molecule has 0 heterocycles. The van der Waals surface area contributed by atoms with Gasteiger partial charge in [0.25, 0.3) is 0 Å². The number of hydrogen-bond acceptors (Lipinski definition) is 0. The summed E-state index contributed by atoms with van der Waals surface area (Å²) in [5.41, 5.74) is 4.63. The Balaban J connectivity index is 2.92. The van der Waals surface area contributed by atoms with Crippen molar-refractivity contribution in [3.05, 3.63) is 35.9 Å². The zero-order valence-electron chi connectivity index (χ0n) is 10.4. The van der Waals surface area contributed by atoms with Crippen LogP contribution in [0.2, 0.25) is 18.1 Å². The van der Waals surface area contributed by atoms with Gasteiger partial charge in [-0.25, -0.2) is 0 Å². The maximum Gasteiger partial charge on any atom is 0.138 e. The van der Waals surface area contributed by atoms with Crippen molar-refractivity contribution in [1.29, 1.82) is 0 Å². The average molecular weight is 216 g/mol. The van der Waals surface area contributed by atoms with E-state index >= 15 is 0 Å². The summed E-state index contributed by atoms with van der Waals surface area (Å²) >= 11 is 0. The molecular weight excluding hydrogens is 196 g/mol. The molecule has 0 saturated heterocycles. The van der Waals surface area contributed by atoms with E-state index in [1.54, 1.807) is 0 Å². The lowest BCUT2D eigenvalue weighted by Gasteiger charge is -2.31. The molecule has 0 bridgehead atoms. The fourth-order valence-electron chi connectivity index (χ4n) is 0.937. The number of rotatable bonds is 0. The van der Waals surface area contributed by atoms with Gasteiger partial charge in [-0.2, -0.15) is 0 Å². The van der Waals surface area contributed by atoms with E-state index in [0.29, 0.717) is 5.04 Å². The molecule has 0 saturated carbocycles. The summed E-state index contributed by atoms with van der Waals surface area (Å²) in [6.45, 7) is 11.5. The molecule has 0 aliphatic carbocycles. The molecule has 15 heavy (non-hydrogen) atoms. The van der Waals surface area contributed by atoms with Gasteiger partial charge in [-0.15, -0.1) is 5.54 Å². The summed E-state index contributed by atoms with van der Waals surface area (Å²) in [6, 6.07) is 10.2. The van der Waals surface area contributed by atoms with Gasteiger partial charge in [0.2, 0.25) is 0 Å². The van der Waals surface area contributed by atoms with Crippen molar-refractivity contribution in [2.24, 2.45) is 0 Å². The molecule has 80 valence electrons. The summed E-state index contributed by atoms with van der Waals surface area (Å²) in [6.07, 6.45) is 0. The molecule has 0 nitrogen and oxygen atoms in total. The van der Waals surface area contributed by atoms with Crippen molar-refractivity contribution >= 4 is 8.07 Å². The van der Waals surface area contributed by atoms with Crippen LogP contribution in [0.5, 0.6) is 0 Å². The Kier molecular flexibility index (Phi) is 3.41. The van der Waals surface area contributed by atoms with Crippen LogP contribution in [0.1, 0.15) is 26.3 Å². The van der Waals surface area contributed by atoms with E-state index in [2.05, 4.69) is 57.5 Å². The van der Waals surface area contributed by atoms with Gasteiger partial charge in [0.05, 0.1) is 0 Å². The van der Waals surface area contributed by atoms with E-state index in [0.717, 1.165) is 5.56 Å². The monoisotopic (exact) mass is 216 g/mol. The number of hydrogen-bond donors (Lipinski definition) is 0. The van der Waals surface area contributed by atoms with Crippen LogP contribution in [0.15, 0.2) is 30.3 Å². The van der Waals surface area contributed by atoms with Gasteiger partial charge < -0.3 is 0 Å². The second-order valence-corrected chi connectivity index (χ2v) is 10.5. The van der Waals surface area contributed by atoms with E-state index in [1.807, 2.05) is 18.2 Å². The molecule has 1 aromatic carbocycles. The second kappa shape index (κ2) is 4.24. The third-order valence-corrected chi connectivity index (χ3v) is 7.67. The molecule has 0 amide bonds. The third-order valence-electron chi connectivity index (χ3n) is 3.17. The van der Waals surface area contributed by atoms with Gasteiger partial charge in [0.1, 0.15) is 8.07 Å². The lowest BCUT2D eigenvalue weighted by molar-refractivity contribution is 0.731. The third kappa shape index (κ3) is 3.25. The van der Waals surface area contributed by atoms with Crippen LogP contribution in [-0.2, 0) is 0 Å². The van der Waals surface area contributed by atoms with Crippen molar-refractivity contribution in [2.45, 2.75) is 38.9 Å². The Labute approximate surface area is 94.7 Å². The average Bonchev–Trinajstić information content (AvgIpc) is 2.15. The lowest BCUT2D eigenvalue weighted by Crippen LogP contribution is -2.35. The summed E-state index contributed by atoms with van der Waals surface area (Å²) in [5.74, 6) is 3.30. The highest BCUT2D eigenvalue weighted by molar-refractivity contribution is 6.87. The lowest BCUT2D eigenvalue weighted by atomic mass is 10.2. The van der Waals surface area contributed by atoms with E-state index in [4.69, 9.17) is 0 Å². The maximum absolute atomic E-state index is 3.50. The van der Waals surface area contributed by atoms with Gasteiger partial charge in [0.15, 0.2) is 0 Å². The quantitative estimate of drug-likeness (QED) is 0.453. The molecule has 0 atom stereocenters. The molecule has 0 aliphatic rings. The Morgan fingerprint density at radius 2 is 1.53 bits per heavy atom. The van der Waals surface area contributed by atoms with Crippen molar-refractivity contribution < 1.29 is 0 Å². The highest BCUT2D eigenvalue weighted by Crippen LogP contribution is 2.35. The topological polar surface area (TPSA) is 0 Å². The van der Waals surface area contributed by atoms with Gasteiger partial charge >= 0.3 is 0 Å². The molecule has 1 heteroatoms. The summed E-state index contributed by atoms with van der Waals surface area (Å²) in [5, 5.41) is 0.342. The fraction of sp³-hybridized carbons (Fsp3) is 0.429. The zero-order chi connectivity index (χ0) is 11.5. The zero-order valence-corrected chi connectivity index (χ0v) is 11.4. The molecule has 0 N–H and O–H groups in total. The first-order valence-electron chi connectivity index (χ1n) is 5.41. The van der Waals surface area contributed by atoms with Crippen LogP contribution < -0.4 is 0 Å². The standard InChI is InChI=1S/C14H20Si/c1-14(2,3)15(4,5)12-11-13-9-7-6-8-10-13/h6-10H,1-5H3. The summed E-state index contributed by atoms with van der Waals surface area (Å²) < 4.78 is 0. The van der Waals surface area contributed by atoms with Crippen molar-refractivity contribution in [3.63, 3.8) is 0 Å². The molecule has 0 radical (unpaired) electrons. The first-order chi connectivity index (χ1) is 6.83. The van der Waals surface area contributed by atoms with Crippen molar-refractivity contribution in [1.82, 2.24) is 0 Å². The van der Waals surface area contributed by atoms with E-state index in [1.165, 1.54) is 0 Å². The number of benzene rings is 1. The predicted octanol–water partition coefficient (Wildman–Crippen LogP) is 4.09. The van der Waals surface area contributed by atoms with E-state index in [9.17, 15) is 0 Å². The Morgan fingerprint density at radius 1 is 1.00 bits per heavy atom. The normalized spacial score (nSPS) is 11.8. The predicted molar refractivity (Wildman–Crippen MR) is 70.5 cm³/mol. The van der Waals surface area contributed by atoms with Gasteiger partial charge in [-0.1, -0.05) is 58.0 Å². The SMILES string of the molecule is CC(C)(C)[Si](C)(C)C#Cc1ccccc1. The van der Waals surface area contributed by atoms with Crippen LogP contribution in [-0.4, -0.2) is 8.07 Å². The summed E-state index contributed by atoms with van der Waals surface area (Å²) in [7, 11) is -1.45. The van der Waals surface area contributed by atoms with Crippen molar-refractivity contribution in [2.75, 3.05) is 0 Å².